The maximum absolute atomic E-state index is 12.3. The van der Waals surface area contributed by atoms with Crippen LogP contribution in [0.4, 0.5) is 5.69 Å². The first kappa shape index (κ1) is 17.9. The van der Waals surface area contributed by atoms with Crippen LogP contribution in [-0.4, -0.2) is 33.0 Å². The molecule has 2 aromatic heterocycles. The molecule has 0 spiro atoms. The van der Waals surface area contributed by atoms with Crippen LogP contribution in [0.3, 0.4) is 0 Å². The summed E-state index contributed by atoms with van der Waals surface area (Å²) in [5, 5.41) is 11.2. The van der Waals surface area contributed by atoms with Crippen molar-refractivity contribution in [2.24, 2.45) is 0 Å². The molecule has 0 saturated carbocycles. The van der Waals surface area contributed by atoms with E-state index in [4.69, 9.17) is 0 Å². The normalized spacial score (nSPS) is 15.5. The van der Waals surface area contributed by atoms with E-state index in [-0.39, 0.29) is 17.9 Å². The first-order valence-corrected chi connectivity index (χ1v) is 9.30. The zero-order chi connectivity index (χ0) is 19.5. The number of nitrogens with one attached hydrogen (secondary N) is 1. The zero-order valence-corrected chi connectivity index (χ0v) is 15.6. The molecule has 1 aromatic carbocycles. The third kappa shape index (κ3) is 3.64. The standard InChI is InChI=1S/C21H21N5O2/c1-15(21-24-23-18-5-2-3-13-26(18)21)22-19(27)12-9-16-7-10-17(11-8-16)25-14-4-6-20(25)28/h2-3,5,7-13,15H,4,6,14H2,1H3,(H,22,27)/b12-9+. The van der Waals surface area contributed by atoms with Crippen LogP contribution < -0.4 is 10.2 Å². The van der Waals surface area contributed by atoms with E-state index in [0.717, 1.165) is 29.9 Å². The summed E-state index contributed by atoms with van der Waals surface area (Å²) in [6.07, 6.45) is 6.63. The number of hydrogen-bond donors (Lipinski definition) is 1. The lowest BCUT2D eigenvalue weighted by molar-refractivity contribution is -0.117. The fourth-order valence-electron chi connectivity index (χ4n) is 3.34. The van der Waals surface area contributed by atoms with Crippen molar-refractivity contribution < 1.29 is 9.59 Å². The number of pyridine rings is 1. The highest BCUT2D eigenvalue weighted by Crippen LogP contribution is 2.22. The minimum atomic E-state index is -0.280. The van der Waals surface area contributed by atoms with Crippen molar-refractivity contribution in [1.29, 1.82) is 0 Å². The summed E-state index contributed by atoms with van der Waals surface area (Å²) in [5.41, 5.74) is 2.54. The van der Waals surface area contributed by atoms with Gasteiger partial charge in [-0.15, -0.1) is 10.2 Å². The van der Waals surface area contributed by atoms with Gasteiger partial charge in [-0.25, -0.2) is 0 Å². The van der Waals surface area contributed by atoms with Gasteiger partial charge in [-0.2, -0.15) is 0 Å². The molecule has 0 bridgehead atoms. The minimum Gasteiger partial charge on any atom is -0.343 e. The number of carbonyl (C=O) groups is 2. The Morgan fingerprint density at radius 1 is 1.18 bits per heavy atom. The monoisotopic (exact) mass is 375 g/mol. The van der Waals surface area contributed by atoms with E-state index in [1.165, 1.54) is 6.08 Å². The second-order valence-electron chi connectivity index (χ2n) is 6.79. The Balaban J connectivity index is 1.39. The van der Waals surface area contributed by atoms with Crippen LogP contribution in [0.2, 0.25) is 0 Å². The molecule has 28 heavy (non-hydrogen) atoms. The summed E-state index contributed by atoms with van der Waals surface area (Å²) in [6.45, 7) is 2.64. The molecular weight excluding hydrogens is 354 g/mol. The first-order valence-electron chi connectivity index (χ1n) is 9.30. The molecule has 1 aliphatic heterocycles. The van der Waals surface area contributed by atoms with Gasteiger partial charge in [-0.1, -0.05) is 18.2 Å². The van der Waals surface area contributed by atoms with E-state index in [1.54, 1.807) is 11.0 Å². The summed E-state index contributed by atoms with van der Waals surface area (Å²) in [4.78, 5) is 25.9. The lowest BCUT2D eigenvalue weighted by Crippen LogP contribution is -2.26. The van der Waals surface area contributed by atoms with Crippen LogP contribution in [0.15, 0.2) is 54.7 Å². The van der Waals surface area contributed by atoms with Gasteiger partial charge in [0, 0.05) is 30.9 Å². The summed E-state index contributed by atoms with van der Waals surface area (Å²) < 4.78 is 1.85. The van der Waals surface area contributed by atoms with Gasteiger partial charge in [-0.05, 0) is 49.2 Å². The highest BCUT2D eigenvalue weighted by atomic mass is 16.2. The predicted molar refractivity (Wildman–Crippen MR) is 107 cm³/mol. The van der Waals surface area contributed by atoms with E-state index in [1.807, 2.05) is 60.0 Å². The van der Waals surface area contributed by atoms with E-state index in [2.05, 4.69) is 15.5 Å². The van der Waals surface area contributed by atoms with E-state index in [9.17, 15) is 9.59 Å². The fourth-order valence-corrected chi connectivity index (χ4v) is 3.34. The Morgan fingerprint density at radius 3 is 2.75 bits per heavy atom. The summed E-state index contributed by atoms with van der Waals surface area (Å²) in [6, 6.07) is 13.0. The predicted octanol–water partition coefficient (Wildman–Crippen LogP) is 2.75. The molecule has 7 heteroatoms. The number of anilines is 1. The van der Waals surface area contributed by atoms with Crippen LogP contribution in [0.25, 0.3) is 11.7 Å². The van der Waals surface area contributed by atoms with Crippen molar-refractivity contribution in [3.8, 4) is 0 Å². The molecule has 7 nitrogen and oxygen atoms in total. The van der Waals surface area contributed by atoms with Crippen molar-refractivity contribution in [3.63, 3.8) is 0 Å². The molecule has 1 fully saturated rings. The van der Waals surface area contributed by atoms with Gasteiger partial charge in [0.2, 0.25) is 11.8 Å². The van der Waals surface area contributed by atoms with Crippen LogP contribution in [0, 0.1) is 0 Å². The highest BCUT2D eigenvalue weighted by Gasteiger charge is 2.21. The highest BCUT2D eigenvalue weighted by molar-refractivity contribution is 5.95. The van der Waals surface area contributed by atoms with Gasteiger partial charge < -0.3 is 10.2 Å². The van der Waals surface area contributed by atoms with Gasteiger partial charge in [0.15, 0.2) is 11.5 Å². The molecule has 4 rings (SSSR count). The molecule has 1 unspecified atom stereocenters. The lowest BCUT2D eigenvalue weighted by Gasteiger charge is -2.15. The van der Waals surface area contributed by atoms with Gasteiger partial charge >= 0.3 is 0 Å². The lowest BCUT2D eigenvalue weighted by atomic mass is 10.2. The van der Waals surface area contributed by atoms with Crippen molar-refractivity contribution in [2.45, 2.75) is 25.8 Å². The Hall–Kier alpha value is -3.48. The van der Waals surface area contributed by atoms with Crippen LogP contribution in [0.5, 0.6) is 0 Å². The number of aromatic nitrogens is 3. The van der Waals surface area contributed by atoms with Crippen molar-refractivity contribution >= 4 is 29.2 Å². The number of rotatable bonds is 5. The van der Waals surface area contributed by atoms with Gasteiger partial charge in [0.1, 0.15) is 0 Å². The van der Waals surface area contributed by atoms with Crippen molar-refractivity contribution in [3.05, 3.63) is 66.1 Å². The summed E-state index contributed by atoms with van der Waals surface area (Å²) in [5.74, 6) is 0.633. The topological polar surface area (TPSA) is 79.6 Å². The van der Waals surface area contributed by atoms with E-state index in [0.29, 0.717) is 12.2 Å². The third-order valence-electron chi connectivity index (χ3n) is 4.79. The average molecular weight is 375 g/mol. The van der Waals surface area contributed by atoms with Crippen LogP contribution >= 0.6 is 0 Å². The number of benzene rings is 1. The third-order valence-corrected chi connectivity index (χ3v) is 4.79. The molecule has 1 aliphatic rings. The molecule has 1 N–H and O–H groups in total. The number of carbonyl (C=O) groups excluding carboxylic acids is 2. The van der Waals surface area contributed by atoms with E-state index >= 15 is 0 Å². The molecule has 1 saturated heterocycles. The quantitative estimate of drug-likeness (QED) is 0.696. The molecule has 142 valence electrons. The van der Waals surface area contributed by atoms with Crippen molar-refractivity contribution in [1.82, 2.24) is 19.9 Å². The molecule has 0 radical (unpaired) electrons. The largest absolute Gasteiger partial charge is 0.343 e. The first-order chi connectivity index (χ1) is 13.6. The maximum Gasteiger partial charge on any atom is 0.244 e. The molecule has 1 atom stereocenters. The Labute approximate surface area is 162 Å². The van der Waals surface area contributed by atoms with Gasteiger partial charge in [0.05, 0.1) is 6.04 Å². The maximum atomic E-state index is 12.3. The zero-order valence-electron chi connectivity index (χ0n) is 15.6. The minimum absolute atomic E-state index is 0.165. The Kier molecular flexibility index (Phi) is 4.89. The molecule has 3 aromatic rings. The molecular formula is C21H21N5O2. The number of amides is 2. The van der Waals surface area contributed by atoms with Crippen LogP contribution in [0.1, 0.15) is 37.2 Å². The molecule has 3 heterocycles. The number of hydrogen-bond acceptors (Lipinski definition) is 4. The second-order valence-corrected chi connectivity index (χ2v) is 6.79. The smallest absolute Gasteiger partial charge is 0.244 e. The fraction of sp³-hybridized carbons (Fsp3) is 0.238. The Bertz CT molecular complexity index is 1040. The second kappa shape index (κ2) is 7.64. The summed E-state index contributed by atoms with van der Waals surface area (Å²) >= 11 is 0. The van der Waals surface area contributed by atoms with E-state index < -0.39 is 0 Å². The number of fused-ring (bicyclic) bond motifs is 1. The molecule has 0 aliphatic carbocycles. The van der Waals surface area contributed by atoms with Crippen LogP contribution in [-0.2, 0) is 9.59 Å². The van der Waals surface area contributed by atoms with Crippen molar-refractivity contribution in [2.75, 3.05) is 11.4 Å². The van der Waals surface area contributed by atoms with Gasteiger partial charge in [-0.3, -0.25) is 14.0 Å². The number of nitrogens with zero attached hydrogens (tertiary/aromatic N) is 4. The molecule has 2 amide bonds. The van der Waals surface area contributed by atoms with Gasteiger partial charge in [0.25, 0.3) is 0 Å². The average Bonchev–Trinajstić information content (AvgIpc) is 3.33. The SMILES string of the molecule is CC(NC(=O)/C=C/c1ccc(N2CCCC2=O)cc1)c1nnc2ccccn12. The summed E-state index contributed by atoms with van der Waals surface area (Å²) in [7, 11) is 0. The Morgan fingerprint density at radius 2 is 2.00 bits per heavy atom.